The third kappa shape index (κ3) is 3.54. The topological polar surface area (TPSA) is 42.2 Å². The van der Waals surface area contributed by atoms with Gasteiger partial charge < -0.3 is 9.73 Å². The predicted molar refractivity (Wildman–Crippen MR) is 58.7 cm³/mol. The van der Waals surface area contributed by atoms with Crippen LogP contribution in [0.2, 0.25) is 0 Å². The van der Waals surface area contributed by atoms with E-state index in [1.54, 1.807) is 12.1 Å². The summed E-state index contributed by atoms with van der Waals surface area (Å²) in [6, 6.07) is 3.55. The van der Waals surface area contributed by atoms with Gasteiger partial charge in [-0.05, 0) is 31.9 Å². The second-order valence-electron chi connectivity index (χ2n) is 3.18. The molecule has 0 radical (unpaired) electrons. The number of alkyl halides is 1. The molecule has 0 aliphatic carbocycles. The number of hydrogen-bond donors (Lipinski definition) is 1. The van der Waals surface area contributed by atoms with Crippen molar-refractivity contribution in [3.8, 4) is 0 Å². The molecule has 1 N–H and O–H groups in total. The van der Waals surface area contributed by atoms with E-state index >= 15 is 0 Å². The van der Waals surface area contributed by atoms with Crippen LogP contribution in [0.25, 0.3) is 0 Å². The molecular formula is C10H14BrNO2. The van der Waals surface area contributed by atoms with E-state index in [-0.39, 0.29) is 11.9 Å². The molecule has 78 valence electrons. The Morgan fingerprint density at radius 1 is 1.71 bits per heavy atom. The Morgan fingerprint density at radius 2 is 2.50 bits per heavy atom. The largest absolute Gasteiger partial charge is 0.459 e. The zero-order valence-corrected chi connectivity index (χ0v) is 9.71. The highest BCUT2D eigenvalue weighted by Crippen LogP contribution is 2.03. The van der Waals surface area contributed by atoms with Gasteiger partial charge in [0.2, 0.25) is 0 Å². The van der Waals surface area contributed by atoms with Crippen molar-refractivity contribution in [3.63, 3.8) is 0 Å². The van der Waals surface area contributed by atoms with Crippen LogP contribution in [0.4, 0.5) is 0 Å². The van der Waals surface area contributed by atoms with Gasteiger partial charge in [-0.25, -0.2) is 0 Å². The normalized spacial score (nSPS) is 12.4. The minimum absolute atomic E-state index is 0.142. The van der Waals surface area contributed by atoms with Crippen molar-refractivity contribution in [2.45, 2.75) is 25.8 Å². The lowest BCUT2D eigenvalue weighted by Crippen LogP contribution is -2.32. The van der Waals surface area contributed by atoms with Crippen molar-refractivity contribution in [2.24, 2.45) is 0 Å². The summed E-state index contributed by atoms with van der Waals surface area (Å²) < 4.78 is 4.98. The smallest absolute Gasteiger partial charge is 0.287 e. The molecule has 1 heterocycles. The molecule has 0 spiro atoms. The Hall–Kier alpha value is -0.770. The lowest BCUT2D eigenvalue weighted by molar-refractivity contribution is 0.0910. The highest BCUT2D eigenvalue weighted by molar-refractivity contribution is 9.09. The third-order valence-electron chi connectivity index (χ3n) is 1.89. The van der Waals surface area contributed by atoms with Crippen LogP contribution in [0, 0.1) is 0 Å². The average molecular weight is 260 g/mol. The van der Waals surface area contributed by atoms with E-state index < -0.39 is 0 Å². The number of hydrogen-bond acceptors (Lipinski definition) is 2. The Balaban J connectivity index is 2.34. The van der Waals surface area contributed by atoms with E-state index in [9.17, 15) is 4.79 Å². The van der Waals surface area contributed by atoms with Gasteiger partial charge in [0, 0.05) is 11.4 Å². The first-order valence-corrected chi connectivity index (χ1v) is 5.76. The van der Waals surface area contributed by atoms with E-state index in [0.29, 0.717) is 5.76 Å². The molecule has 1 rings (SSSR count). The standard InChI is InChI=1S/C10H14BrNO2/c1-8(4-2-6-11)12-10(13)9-5-3-7-14-9/h3,5,7-8H,2,4,6H2,1H3,(H,12,13). The van der Waals surface area contributed by atoms with Gasteiger partial charge in [0.15, 0.2) is 5.76 Å². The number of carbonyl (C=O) groups is 1. The van der Waals surface area contributed by atoms with Crippen LogP contribution in [-0.4, -0.2) is 17.3 Å². The van der Waals surface area contributed by atoms with Crippen LogP contribution in [0.3, 0.4) is 0 Å². The summed E-state index contributed by atoms with van der Waals surface area (Å²) in [6.45, 7) is 1.99. The Kier molecular flexibility index (Phi) is 4.73. The van der Waals surface area contributed by atoms with Gasteiger partial charge in [-0.15, -0.1) is 0 Å². The van der Waals surface area contributed by atoms with Crippen molar-refractivity contribution < 1.29 is 9.21 Å². The van der Waals surface area contributed by atoms with E-state index in [4.69, 9.17) is 4.42 Å². The predicted octanol–water partition coefficient (Wildman–Crippen LogP) is 2.57. The summed E-state index contributed by atoms with van der Waals surface area (Å²) in [5.41, 5.74) is 0. The molecule has 4 heteroatoms. The summed E-state index contributed by atoms with van der Waals surface area (Å²) >= 11 is 3.35. The maximum absolute atomic E-state index is 11.5. The maximum atomic E-state index is 11.5. The highest BCUT2D eigenvalue weighted by Gasteiger charge is 2.10. The number of carbonyl (C=O) groups excluding carboxylic acids is 1. The Morgan fingerprint density at radius 3 is 3.07 bits per heavy atom. The first-order valence-electron chi connectivity index (χ1n) is 4.64. The fraction of sp³-hybridized carbons (Fsp3) is 0.500. The zero-order valence-electron chi connectivity index (χ0n) is 8.13. The second kappa shape index (κ2) is 5.86. The minimum Gasteiger partial charge on any atom is -0.459 e. The fourth-order valence-corrected chi connectivity index (χ4v) is 1.48. The molecule has 0 bridgehead atoms. The molecule has 1 atom stereocenters. The van der Waals surface area contributed by atoms with Crippen LogP contribution in [0.5, 0.6) is 0 Å². The van der Waals surface area contributed by atoms with Crippen molar-refractivity contribution >= 4 is 21.8 Å². The molecule has 1 aromatic rings. The van der Waals surface area contributed by atoms with Gasteiger partial charge in [-0.3, -0.25) is 4.79 Å². The molecule has 0 aliphatic rings. The molecule has 14 heavy (non-hydrogen) atoms. The number of amides is 1. The fourth-order valence-electron chi connectivity index (χ4n) is 1.16. The van der Waals surface area contributed by atoms with E-state index in [1.807, 2.05) is 6.92 Å². The molecule has 0 aromatic carbocycles. The van der Waals surface area contributed by atoms with Gasteiger partial charge in [0.05, 0.1) is 6.26 Å². The molecule has 1 unspecified atom stereocenters. The number of halogens is 1. The van der Waals surface area contributed by atoms with Crippen molar-refractivity contribution in [2.75, 3.05) is 5.33 Å². The highest BCUT2D eigenvalue weighted by atomic mass is 79.9. The minimum atomic E-state index is -0.142. The first-order chi connectivity index (χ1) is 6.74. The van der Waals surface area contributed by atoms with Crippen LogP contribution in [-0.2, 0) is 0 Å². The quantitative estimate of drug-likeness (QED) is 0.827. The van der Waals surface area contributed by atoms with Crippen molar-refractivity contribution in [3.05, 3.63) is 24.2 Å². The molecule has 0 saturated heterocycles. The average Bonchev–Trinajstić information content (AvgIpc) is 2.67. The van der Waals surface area contributed by atoms with E-state index in [1.165, 1.54) is 6.26 Å². The number of furan rings is 1. The first kappa shape index (κ1) is 11.3. The summed E-state index contributed by atoms with van der Waals surface area (Å²) in [6.07, 6.45) is 3.52. The summed E-state index contributed by atoms with van der Waals surface area (Å²) in [5.74, 6) is 0.229. The second-order valence-corrected chi connectivity index (χ2v) is 3.98. The van der Waals surface area contributed by atoms with Gasteiger partial charge in [-0.2, -0.15) is 0 Å². The molecule has 1 aromatic heterocycles. The number of rotatable bonds is 5. The van der Waals surface area contributed by atoms with E-state index in [2.05, 4.69) is 21.2 Å². The Labute approximate surface area is 92.0 Å². The van der Waals surface area contributed by atoms with Gasteiger partial charge in [0.25, 0.3) is 5.91 Å². The van der Waals surface area contributed by atoms with Crippen LogP contribution in [0.1, 0.15) is 30.3 Å². The maximum Gasteiger partial charge on any atom is 0.287 e. The lowest BCUT2D eigenvalue weighted by atomic mass is 10.2. The van der Waals surface area contributed by atoms with E-state index in [0.717, 1.165) is 18.2 Å². The number of nitrogens with one attached hydrogen (secondary N) is 1. The monoisotopic (exact) mass is 259 g/mol. The summed E-state index contributed by atoms with van der Waals surface area (Å²) in [4.78, 5) is 11.5. The Bertz CT molecular complexity index is 272. The third-order valence-corrected chi connectivity index (χ3v) is 2.45. The molecule has 0 fully saturated rings. The summed E-state index contributed by atoms with van der Waals surface area (Å²) in [7, 11) is 0. The van der Waals surface area contributed by atoms with Crippen molar-refractivity contribution in [1.82, 2.24) is 5.32 Å². The van der Waals surface area contributed by atoms with Gasteiger partial charge in [0.1, 0.15) is 0 Å². The van der Waals surface area contributed by atoms with Crippen molar-refractivity contribution in [1.29, 1.82) is 0 Å². The zero-order chi connectivity index (χ0) is 10.4. The molecule has 3 nitrogen and oxygen atoms in total. The molecule has 0 saturated carbocycles. The van der Waals surface area contributed by atoms with Gasteiger partial charge >= 0.3 is 0 Å². The van der Waals surface area contributed by atoms with Gasteiger partial charge in [-0.1, -0.05) is 15.9 Å². The lowest BCUT2D eigenvalue weighted by Gasteiger charge is -2.11. The van der Waals surface area contributed by atoms with Crippen LogP contribution >= 0.6 is 15.9 Å². The van der Waals surface area contributed by atoms with Crippen LogP contribution in [0.15, 0.2) is 22.8 Å². The molecule has 0 aliphatic heterocycles. The van der Waals surface area contributed by atoms with Crippen LogP contribution < -0.4 is 5.32 Å². The summed E-state index contributed by atoms with van der Waals surface area (Å²) in [5, 5.41) is 3.83. The molecule has 1 amide bonds. The SMILES string of the molecule is CC(CCCBr)NC(=O)c1ccco1. The molecular weight excluding hydrogens is 246 g/mol.